The highest BCUT2D eigenvalue weighted by molar-refractivity contribution is 5.73. The third-order valence-corrected chi connectivity index (χ3v) is 1.68. The first-order valence-corrected chi connectivity index (χ1v) is 3.49. The molecule has 0 amide bonds. The molecule has 0 aliphatic heterocycles. The van der Waals surface area contributed by atoms with Gasteiger partial charge in [0.25, 0.3) is 0 Å². The Morgan fingerprint density at radius 3 is 2.92 bits per heavy atom. The van der Waals surface area contributed by atoms with Gasteiger partial charge in [-0.15, -0.1) is 0 Å². The van der Waals surface area contributed by atoms with Crippen molar-refractivity contribution >= 4 is 11.9 Å². The second-order valence-electron chi connectivity index (χ2n) is 2.50. The predicted octanol–water partition coefficient (Wildman–Crippen LogP) is 1.42. The summed E-state index contributed by atoms with van der Waals surface area (Å²) in [4.78, 5) is 14.0. The molecule has 0 radical (unpaired) electrons. The maximum absolute atomic E-state index is 13.0. The van der Waals surface area contributed by atoms with E-state index >= 15 is 0 Å². The van der Waals surface area contributed by atoms with E-state index in [9.17, 15) is 13.6 Å². The first kappa shape index (κ1) is 7.85. The number of carbonyl (C=O) groups excluding carboxylic acids is 1. The van der Waals surface area contributed by atoms with Gasteiger partial charge in [-0.2, -0.15) is 0 Å². The Hall–Kier alpha value is -1.78. The molecule has 5 heteroatoms. The summed E-state index contributed by atoms with van der Waals surface area (Å²) < 4.78 is 26.7. The molecule has 0 unspecified atom stereocenters. The number of rotatable bonds is 1. The molecule has 0 bridgehead atoms. The van der Waals surface area contributed by atoms with Gasteiger partial charge in [0.05, 0.1) is 6.20 Å². The molecule has 3 nitrogen and oxygen atoms in total. The van der Waals surface area contributed by atoms with Gasteiger partial charge in [0, 0.05) is 12.3 Å². The zero-order chi connectivity index (χ0) is 9.42. The minimum absolute atomic E-state index is 0.0523. The third kappa shape index (κ3) is 1.09. The van der Waals surface area contributed by atoms with Crippen LogP contribution in [0.4, 0.5) is 8.78 Å². The van der Waals surface area contributed by atoms with E-state index in [0.29, 0.717) is 6.29 Å². The zero-order valence-corrected chi connectivity index (χ0v) is 6.37. The predicted molar refractivity (Wildman–Crippen MR) is 40.5 cm³/mol. The summed E-state index contributed by atoms with van der Waals surface area (Å²) in [5, 5.41) is 0. The molecule has 2 heterocycles. The third-order valence-electron chi connectivity index (χ3n) is 1.68. The summed E-state index contributed by atoms with van der Waals surface area (Å²) in [7, 11) is 0. The number of fused-ring (bicyclic) bond motifs is 1. The van der Waals surface area contributed by atoms with Crippen molar-refractivity contribution < 1.29 is 13.6 Å². The van der Waals surface area contributed by atoms with Gasteiger partial charge in [0.1, 0.15) is 11.5 Å². The molecule has 0 spiro atoms. The number of pyridine rings is 1. The maximum atomic E-state index is 13.0. The number of hydrogen-bond acceptors (Lipinski definition) is 2. The van der Waals surface area contributed by atoms with E-state index in [2.05, 4.69) is 4.98 Å². The Kier molecular flexibility index (Phi) is 1.58. The molecule has 66 valence electrons. The molecular formula is C8H4F2N2O. The molecular weight excluding hydrogens is 178 g/mol. The van der Waals surface area contributed by atoms with Gasteiger partial charge in [-0.25, -0.2) is 13.8 Å². The highest BCUT2D eigenvalue weighted by atomic mass is 19.1. The zero-order valence-electron chi connectivity index (χ0n) is 6.37. The van der Waals surface area contributed by atoms with Gasteiger partial charge in [-0.05, 0) is 0 Å². The molecule has 0 aromatic carbocycles. The Balaban J connectivity index is 2.89. The van der Waals surface area contributed by atoms with Crippen molar-refractivity contribution in [1.29, 1.82) is 0 Å². The van der Waals surface area contributed by atoms with E-state index < -0.39 is 11.6 Å². The van der Waals surface area contributed by atoms with Crippen LogP contribution < -0.4 is 0 Å². The van der Waals surface area contributed by atoms with E-state index in [1.165, 1.54) is 6.20 Å². The molecule has 0 saturated carbocycles. The van der Waals surface area contributed by atoms with Gasteiger partial charge < -0.3 is 0 Å². The van der Waals surface area contributed by atoms with E-state index in [4.69, 9.17) is 0 Å². The van der Waals surface area contributed by atoms with Gasteiger partial charge in [-0.1, -0.05) is 0 Å². The quantitative estimate of drug-likeness (QED) is 0.625. The lowest BCUT2D eigenvalue weighted by Gasteiger charge is -1.96. The maximum Gasteiger partial charge on any atom is 0.173 e. The second kappa shape index (κ2) is 2.62. The summed E-state index contributed by atoms with van der Waals surface area (Å²) in [5.41, 5.74) is 0.0666. The van der Waals surface area contributed by atoms with Crippen molar-refractivity contribution in [3.63, 3.8) is 0 Å². The molecule has 0 aliphatic carbocycles. The van der Waals surface area contributed by atoms with Crippen molar-refractivity contribution in [3.8, 4) is 0 Å². The molecule has 0 aliphatic rings. The molecule has 13 heavy (non-hydrogen) atoms. The van der Waals surface area contributed by atoms with Crippen LogP contribution in [-0.4, -0.2) is 15.7 Å². The van der Waals surface area contributed by atoms with Crippen LogP contribution in [-0.2, 0) is 0 Å². The Morgan fingerprint density at radius 1 is 1.46 bits per heavy atom. The molecule has 2 rings (SSSR count). The van der Waals surface area contributed by atoms with Crippen LogP contribution in [0.5, 0.6) is 0 Å². The molecule has 0 saturated heterocycles. The lowest BCUT2D eigenvalue weighted by Crippen LogP contribution is -1.94. The highest BCUT2D eigenvalue weighted by Gasteiger charge is 2.08. The molecule has 0 N–H and O–H groups in total. The number of carbonyl (C=O) groups is 1. The number of halogens is 2. The van der Waals surface area contributed by atoms with Crippen molar-refractivity contribution in [2.24, 2.45) is 0 Å². The fraction of sp³-hybridized carbons (Fsp3) is 0. The van der Waals surface area contributed by atoms with E-state index in [-0.39, 0.29) is 11.3 Å². The fourth-order valence-corrected chi connectivity index (χ4v) is 1.12. The van der Waals surface area contributed by atoms with Crippen LogP contribution in [0.25, 0.3) is 5.65 Å². The van der Waals surface area contributed by atoms with Crippen LogP contribution in [0.1, 0.15) is 10.5 Å². The summed E-state index contributed by atoms with van der Waals surface area (Å²) in [5.74, 6) is -1.53. The Morgan fingerprint density at radius 2 is 2.23 bits per heavy atom. The first-order valence-electron chi connectivity index (χ1n) is 3.49. The average molecular weight is 182 g/mol. The lowest BCUT2D eigenvalue weighted by atomic mass is 10.4. The van der Waals surface area contributed by atoms with E-state index in [1.54, 1.807) is 0 Å². The van der Waals surface area contributed by atoms with Crippen LogP contribution >= 0.6 is 0 Å². The standard InChI is InChI=1S/C8H4F2N2O/c9-5-1-7(10)8-11-2-6(4-13)12(8)3-5/h1-4H. The lowest BCUT2D eigenvalue weighted by molar-refractivity contribution is 0.111. The summed E-state index contributed by atoms with van der Waals surface area (Å²) in [6, 6.07) is 0.719. The number of aldehydes is 1. The van der Waals surface area contributed by atoms with Crippen molar-refractivity contribution in [3.05, 3.63) is 35.8 Å². The van der Waals surface area contributed by atoms with Gasteiger partial charge in [0.2, 0.25) is 0 Å². The molecule has 0 fully saturated rings. The number of hydrogen-bond donors (Lipinski definition) is 0. The second-order valence-corrected chi connectivity index (χ2v) is 2.50. The van der Waals surface area contributed by atoms with Gasteiger partial charge >= 0.3 is 0 Å². The number of nitrogens with zero attached hydrogens (tertiary/aromatic N) is 2. The van der Waals surface area contributed by atoms with Crippen molar-refractivity contribution in [1.82, 2.24) is 9.38 Å². The van der Waals surface area contributed by atoms with Crippen LogP contribution in [0.15, 0.2) is 18.5 Å². The van der Waals surface area contributed by atoms with Crippen LogP contribution in [0.3, 0.4) is 0 Å². The molecule has 2 aromatic heterocycles. The summed E-state index contributed by atoms with van der Waals surface area (Å²) in [6.45, 7) is 0. The van der Waals surface area contributed by atoms with E-state index in [1.807, 2.05) is 0 Å². The summed E-state index contributed by atoms with van der Waals surface area (Å²) in [6.07, 6.45) is 2.68. The normalized spacial score (nSPS) is 10.6. The minimum atomic E-state index is -0.784. The van der Waals surface area contributed by atoms with Gasteiger partial charge in [-0.3, -0.25) is 9.20 Å². The van der Waals surface area contributed by atoms with Crippen molar-refractivity contribution in [2.45, 2.75) is 0 Å². The monoisotopic (exact) mass is 182 g/mol. The minimum Gasteiger partial charge on any atom is -0.296 e. The van der Waals surface area contributed by atoms with Crippen LogP contribution in [0.2, 0.25) is 0 Å². The largest absolute Gasteiger partial charge is 0.296 e. The fourth-order valence-electron chi connectivity index (χ4n) is 1.12. The van der Waals surface area contributed by atoms with E-state index in [0.717, 1.165) is 16.7 Å². The summed E-state index contributed by atoms with van der Waals surface area (Å²) >= 11 is 0. The Bertz CT molecular complexity index is 478. The number of aromatic nitrogens is 2. The number of imidazole rings is 1. The van der Waals surface area contributed by atoms with Crippen LogP contribution in [0, 0.1) is 11.6 Å². The molecule has 0 atom stereocenters. The van der Waals surface area contributed by atoms with Crippen molar-refractivity contribution in [2.75, 3.05) is 0 Å². The smallest absolute Gasteiger partial charge is 0.173 e. The average Bonchev–Trinajstić information content (AvgIpc) is 2.47. The van der Waals surface area contributed by atoms with Gasteiger partial charge in [0.15, 0.2) is 17.8 Å². The molecule has 2 aromatic rings. The topological polar surface area (TPSA) is 34.4 Å². The Labute approximate surface area is 71.6 Å². The SMILES string of the molecule is O=Cc1cnc2c(F)cc(F)cn12. The first-order chi connectivity index (χ1) is 6.22. The highest BCUT2D eigenvalue weighted by Crippen LogP contribution is 2.11.